The normalized spacial score (nSPS) is 12.8. The second-order valence-corrected chi connectivity index (χ2v) is 5.02. The standard InChI is InChI=1S/C14H21F2NO/c1-10(2)7-11(3)9-17-12-5-4-6-13(8-12)18-14(15)16/h4-6,8,10-11,14,17H,7,9H2,1-3H3. The van der Waals surface area contributed by atoms with Gasteiger partial charge in [0.15, 0.2) is 0 Å². The average Bonchev–Trinajstić information content (AvgIpc) is 2.25. The van der Waals surface area contributed by atoms with Crippen molar-refractivity contribution in [3.8, 4) is 5.75 Å². The minimum atomic E-state index is -2.78. The Kier molecular flexibility index (Phi) is 5.89. The second kappa shape index (κ2) is 7.19. The fourth-order valence-electron chi connectivity index (χ4n) is 1.96. The molecule has 0 heterocycles. The van der Waals surface area contributed by atoms with Gasteiger partial charge in [-0.15, -0.1) is 0 Å². The van der Waals surface area contributed by atoms with Crippen LogP contribution in [0.4, 0.5) is 14.5 Å². The van der Waals surface area contributed by atoms with Crippen molar-refractivity contribution in [2.24, 2.45) is 11.8 Å². The third kappa shape index (κ3) is 5.84. The first-order valence-electron chi connectivity index (χ1n) is 6.26. The number of alkyl halides is 2. The summed E-state index contributed by atoms with van der Waals surface area (Å²) in [5.41, 5.74) is 0.809. The molecule has 0 aliphatic heterocycles. The van der Waals surface area contributed by atoms with E-state index >= 15 is 0 Å². The van der Waals surface area contributed by atoms with E-state index in [2.05, 4.69) is 30.8 Å². The van der Waals surface area contributed by atoms with Crippen LogP contribution in [0.1, 0.15) is 27.2 Å². The molecule has 0 radical (unpaired) electrons. The Labute approximate surface area is 107 Å². The van der Waals surface area contributed by atoms with Gasteiger partial charge in [-0.3, -0.25) is 0 Å². The molecule has 0 saturated heterocycles. The highest BCUT2D eigenvalue weighted by molar-refractivity contribution is 5.48. The van der Waals surface area contributed by atoms with Gasteiger partial charge in [-0.05, 0) is 30.4 Å². The highest BCUT2D eigenvalue weighted by Gasteiger charge is 2.07. The molecule has 1 aromatic carbocycles. The van der Waals surface area contributed by atoms with Crippen molar-refractivity contribution in [3.63, 3.8) is 0 Å². The molecule has 0 amide bonds. The molecule has 102 valence electrons. The van der Waals surface area contributed by atoms with Crippen LogP contribution in [0.3, 0.4) is 0 Å². The molecule has 0 aliphatic rings. The van der Waals surface area contributed by atoms with Gasteiger partial charge in [0.2, 0.25) is 0 Å². The van der Waals surface area contributed by atoms with E-state index in [-0.39, 0.29) is 5.75 Å². The monoisotopic (exact) mass is 257 g/mol. The zero-order valence-corrected chi connectivity index (χ0v) is 11.1. The lowest BCUT2D eigenvalue weighted by Crippen LogP contribution is -2.13. The van der Waals surface area contributed by atoms with Crippen LogP contribution in [0, 0.1) is 11.8 Å². The van der Waals surface area contributed by atoms with E-state index in [0.29, 0.717) is 11.8 Å². The van der Waals surface area contributed by atoms with Gasteiger partial charge in [0.05, 0.1) is 0 Å². The summed E-state index contributed by atoms with van der Waals surface area (Å²) in [6.45, 7) is 4.60. The van der Waals surface area contributed by atoms with Crippen LogP contribution >= 0.6 is 0 Å². The Morgan fingerprint density at radius 3 is 2.56 bits per heavy atom. The number of hydrogen-bond donors (Lipinski definition) is 1. The van der Waals surface area contributed by atoms with E-state index in [1.54, 1.807) is 12.1 Å². The Bertz CT molecular complexity index is 355. The summed E-state index contributed by atoms with van der Waals surface area (Å²) in [5.74, 6) is 1.39. The topological polar surface area (TPSA) is 21.3 Å². The number of anilines is 1. The van der Waals surface area contributed by atoms with E-state index in [4.69, 9.17) is 0 Å². The Hall–Kier alpha value is -1.32. The summed E-state index contributed by atoms with van der Waals surface area (Å²) in [4.78, 5) is 0. The molecule has 1 aromatic rings. The molecule has 0 aromatic heterocycles. The molecular formula is C14H21F2NO. The minimum absolute atomic E-state index is 0.187. The minimum Gasteiger partial charge on any atom is -0.435 e. The molecule has 2 nitrogen and oxygen atoms in total. The smallest absolute Gasteiger partial charge is 0.387 e. The van der Waals surface area contributed by atoms with Gasteiger partial charge in [0.1, 0.15) is 5.75 Å². The van der Waals surface area contributed by atoms with E-state index in [1.807, 2.05) is 6.07 Å². The van der Waals surface area contributed by atoms with Crippen molar-refractivity contribution in [3.05, 3.63) is 24.3 Å². The van der Waals surface area contributed by atoms with Crippen molar-refractivity contribution in [1.29, 1.82) is 0 Å². The van der Waals surface area contributed by atoms with Crippen molar-refractivity contribution >= 4 is 5.69 Å². The molecule has 0 bridgehead atoms. The zero-order chi connectivity index (χ0) is 13.5. The molecule has 4 heteroatoms. The lowest BCUT2D eigenvalue weighted by Gasteiger charge is -2.16. The van der Waals surface area contributed by atoms with Crippen molar-refractivity contribution in [2.45, 2.75) is 33.8 Å². The predicted octanol–water partition coefficient (Wildman–Crippen LogP) is 4.38. The maximum atomic E-state index is 12.1. The van der Waals surface area contributed by atoms with Crippen LogP contribution in [0.25, 0.3) is 0 Å². The Morgan fingerprint density at radius 2 is 1.94 bits per heavy atom. The van der Waals surface area contributed by atoms with Crippen LogP contribution < -0.4 is 10.1 Å². The first-order valence-corrected chi connectivity index (χ1v) is 6.26. The van der Waals surface area contributed by atoms with Gasteiger partial charge in [0, 0.05) is 18.3 Å². The van der Waals surface area contributed by atoms with Gasteiger partial charge in [-0.2, -0.15) is 8.78 Å². The van der Waals surface area contributed by atoms with E-state index in [1.165, 1.54) is 6.07 Å². The third-order valence-electron chi connectivity index (χ3n) is 2.59. The summed E-state index contributed by atoms with van der Waals surface area (Å²) in [6, 6.07) is 6.66. The summed E-state index contributed by atoms with van der Waals surface area (Å²) in [5, 5.41) is 3.24. The van der Waals surface area contributed by atoms with Crippen LogP contribution in [-0.2, 0) is 0 Å². The molecule has 0 aliphatic carbocycles. The van der Waals surface area contributed by atoms with Gasteiger partial charge in [-0.25, -0.2) is 0 Å². The second-order valence-electron chi connectivity index (χ2n) is 5.02. The number of ether oxygens (including phenoxy) is 1. The van der Waals surface area contributed by atoms with Gasteiger partial charge in [-0.1, -0.05) is 26.8 Å². The largest absolute Gasteiger partial charge is 0.435 e. The van der Waals surface area contributed by atoms with Crippen molar-refractivity contribution in [2.75, 3.05) is 11.9 Å². The van der Waals surface area contributed by atoms with Crippen molar-refractivity contribution in [1.82, 2.24) is 0 Å². The molecular weight excluding hydrogens is 236 g/mol. The van der Waals surface area contributed by atoms with Crippen molar-refractivity contribution < 1.29 is 13.5 Å². The van der Waals surface area contributed by atoms with E-state index in [0.717, 1.165) is 18.7 Å². The molecule has 1 unspecified atom stereocenters. The molecule has 1 atom stereocenters. The Morgan fingerprint density at radius 1 is 1.22 bits per heavy atom. The molecule has 0 fully saturated rings. The van der Waals surface area contributed by atoms with E-state index in [9.17, 15) is 8.78 Å². The number of rotatable bonds is 7. The molecule has 18 heavy (non-hydrogen) atoms. The van der Waals surface area contributed by atoms with Gasteiger partial charge < -0.3 is 10.1 Å². The first kappa shape index (κ1) is 14.7. The summed E-state index contributed by atoms with van der Waals surface area (Å²) >= 11 is 0. The van der Waals surface area contributed by atoms with E-state index < -0.39 is 6.61 Å². The number of nitrogens with one attached hydrogen (secondary N) is 1. The van der Waals surface area contributed by atoms with Gasteiger partial charge in [0.25, 0.3) is 0 Å². The SMILES string of the molecule is CC(C)CC(C)CNc1cccc(OC(F)F)c1. The highest BCUT2D eigenvalue weighted by Crippen LogP contribution is 2.20. The van der Waals surface area contributed by atoms with Crippen LogP contribution in [0.15, 0.2) is 24.3 Å². The molecule has 1 rings (SSSR count). The maximum Gasteiger partial charge on any atom is 0.387 e. The highest BCUT2D eigenvalue weighted by atomic mass is 19.3. The predicted molar refractivity (Wildman–Crippen MR) is 70.2 cm³/mol. The quantitative estimate of drug-likeness (QED) is 0.782. The maximum absolute atomic E-state index is 12.1. The molecule has 1 N–H and O–H groups in total. The molecule has 0 spiro atoms. The number of hydrogen-bond acceptors (Lipinski definition) is 2. The molecule has 0 saturated carbocycles. The fourth-order valence-corrected chi connectivity index (χ4v) is 1.96. The number of halogens is 2. The average molecular weight is 257 g/mol. The van der Waals surface area contributed by atoms with Crippen LogP contribution in [0.5, 0.6) is 5.75 Å². The fraction of sp³-hybridized carbons (Fsp3) is 0.571. The lowest BCUT2D eigenvalue weighted by molar-refractivity contribution is -0.0498. The lowest BCUT2D eigenvalue weighted by atomic mass is 9.99. The summed E-state index contributed by atoms with van der Waals surface area (Å²) in [6.07, 6.45) is 1.14. The van der Waals surface area contributed by atoms with Gasteiger partial charge >= 0.3 is 6.61 Å². The summed E-state index contributed by atoms with van der Waals surface area (Å²) < 4.78 is 28.5. The number of benzene rings is 1. The Balaban J connectivity index is 2.47. The van der Waals surface area contributed by atoms with Crippen LogP contribution in [0.2, 0.25) is 0 Å². The summed E-state index contributed by atoms with van der Waals surface area (Å²) in [7, 11) is 0. The third-order valence-corrected chi connectivity index (χ3v) is 2.59. The van der Waals surface area contributed by atoms with Crippen LogP contribution in [-0.4, -0.2) is 13.2 Å². The zero-order valence-electron chi connectivity index (χ0n) is 11.1. The first-order chi connectivity index (χ1) is 8.47.